The van der Waals surface area contributed by atoms with Crippen molar-refractivity contribution in [3.8, 4) is 0 Å². The van der Waals surface area contributed by atoms with Crippen LogP contribution in [0, 0.1) is 5.92 Å². The van der Waals surface area contributed by atoms with Crippen molar-refractivity contribution in [3.05, 3.63) is 35.9 Å². The van der Waals surface area contributed by atoms with Crippen LogP contribution in [-0.2, 0) is 6.42 Å². The number of hydrogen-bond donors (Lipinski definition) is 2. The monoisotopic (exact) mass is 204 g/mol. The molecule has 0 heterocycles. The molecule has 0 spiro atoms. The summed E-state index contributed by atoms with van der Waals surface area (Å²) in [6.45, 7) is 0. The predicted octanol–water partition coefficient (Wildman–Crippen LogP) is 2.25. The molecule has 15 heavy (non-hydrogen) atoms. The molecule has 0 amide bonds. The van der Waals surface area contributed by atoms with Gasteiger partial charge in [0.1, 0.15) is 0 Å². The minimum Gasteiger partial charge on any atom is -0.271 e. The zero-order chi connectivity index (χ0) is 10.5. The second-order valence-corrected chi connectivity index (χ2v) is 4.51. The van der Waals surface area contributed by atoms with Crippen LogP contribution < -0.4 is 11.3 Å². The summed E-state index contributed by atoms with van der Waals surface area (Å²) in [6, 6.07) is 11.2. The number of hydrazine groups is 1. The molecule has 2 heteroatoms. The molecule has 0 aliphatic heterocycles. The van der Waals surface area contributed by atoms with E-state index < -0.39 is 0 Å². The van der Waals surface area contributed by atoms with E-state index in [0.29, 0.717) is 12.0 Å². The third-order valence-electron chi connectivity index (χ3n) is 3.46. The van der Waals surface area contributed by atoms with Gasteiger partial charge in [0.25, 0.3) is 0 Å². The van der Waals surface area contributed by atoms with Gasteiger partial charge in [-0.2, -0.15) is 0 Å². The lowest BCUT2D eigenvalue weighted by molar-refractivity contribution is 0.263. The lowest BCUT2D eigenvalue weighted by Gasteiger charge is -2.31. The third-order valence-corrected chi connectivity index (χ3v) is 3.46. The van der Waals surface area contributed by atoms with Gasteiger partial charge in [0, 0.05) is 6.04 Å². The summed E-state index contributed by atoms with van der Waals surface area (Å²) in [5.74, 6) is 6.31. The molecule has 2 rings (SSSR count). The Labute approximate surface area is 91.8 Å². The molecule has 0 bridgehead atoms. The molecule has 1 aromatic carbocycles. The Morgan fingerprint density at radius 2 is 1.87 bits per heavy atom. The summed E-state index contributed by atoms with van der Waals surface area (Å²) in [4.78, 5) is 0. The van der Waals surface area contributed by atoms with Crippen LogP contribution in [0.4, 0.5) is 0 Å². The minimum atomic E-state index is 0.513. The highest BCUT2D eigenvalue weighted by molar-refractivity contribution is 5.15. The molecule has 3 N–H and O–H groups in total. The first-order valence-electron chi connectivity index (χ1n) is 5.90. The first-order chi connectivity index (χ1) is 7.40. The van der Waals surface area contributed by atoms with Crippen molar-refractivity contribution < 1.29 is 0 Å². The van der Waals surface area contributed by atoms with Gasteiger partial charge in [-0.3, -0.25) is 11.3 Å². The second kappa shape index (κ2) is 5.29. The normalized spacial score (nSPS) is 26.5. The second-order valence-electron chi connectivity index (χ2n) is 4.51. The molecule has 1 fully saturated rings. The Kier molecular flexibility index (Phi) is 3.75. The van der Waals surface area contributed by atoms with Crippen molar-refractivity contribution in [2.75, 3.05) is 0 Å². The van der Waals surface area contributed by atoms with Crippen molar-refractivity contribution >= 4 is 0 Å². The lowest BCUT2D eigenvalue weighted by Crippen LogP contribution is -2.43. The van der Waals surface area contributed by atoms with Gasteiger partial charge >= 0.3 is 0 Å². The van der Waals surface area contributed by atoms with Crippen molar-refractivity contribution in [2.24, 2.45) is 11.8 Å². The number of hydrogen-bond acceptors (Lipinski definition) is 2. The van der Waals surface area contributed by atoms with Crippen molar-refractivity contribution in [1.29, 1.82) is 0 Å². The molecule has 0 radical (unpaired) electrons. The maximum absolute atomic E-state index is 5.60. The van der Waals surface area contributed by atoms with Gasteiger partial charge in [-0.15, -0.1) is 0 Å². The van der Waals surface area contributed by atoms with E-state index in [-0.39, 0.29) is 0 Å². The molecule has 0 aromatic heterocycles. The summed E-state index contributed by atoms with van der Waals surface area (Å²) in [5.41, 5.74) is 4.41. The molecular weight excluding hydrogens is 184 g/mol. The van der Waals surface area contributed by atoms with E-state index in [1.165, 1.54) is 31.2 Å². The van der Waals surface area contributed by atoms with Crippen molar-refractivity contribution in [3.63, 3.8) is 0 Å². The van der Waals surface area contributed by atoms with Crippen molar-refractivity contribution in [1.82, 2.24) is 5.43 Å². The Morgan fingerprint density at radius 3 is 2.60 bits per heavy atom. The Balaban J connectivity index is 1.97. The molecule has 1 aliphatic carbocycles. The van der Waals surface area contributed by atoms with E-state index in [1.807, 2.05) is 0 Å². The maximum Gasteiger partial charge on any atom is 0.0241 e. The van der Waals surface area contributed by atoms with Crippen LogP contribution in [0.2, 0.25) is 0 Å². The van der Waals surface area contributed by atoms with Gasteiger partial charge in [-0.05, 0) is 30.7 Å². The molecule has 1 saturated carbocycles. The fourth-order valence-corrected chi connectivity index (χ4v) is 2.59. The fraction of sp³-hybridized carbons (Fsp3) is 0.538. The van der Waals surface area contributed by atoms with E-state index in [9.17, 15) is 0 Å². The average Bonchev–Trinajstić information content (AvgIpc) is 2.31. The SMILES string of the molecule is NN[C@H]1CCCC[C@@H]1Cc1ccccc1. The largest absolute Gasteiger partial charge is 0.271 e. The molecule has 1 aliphatic rings. The summed E-state index contributed by atoms with van der Waals surface area (Å²) >= 11 is 0. The molecule has 2 atom stereocenters. The van der Waals surface area contributed by atoms with Crippen LogP contribution in [0.25, 0.3) is 0 Å². The summed E-state index contributed by atoms with van der Waals surface area (Å²) in [5, 5.41) is 0. The summed E-state index contributed by atoms with van der Waals surface area (Å²) in [6.07, 6.45) is 6.38. The van der Waals surface area contributed by atoms with Gasteiger partial charge in [0.15, 0.2) is 0 Å². The maximum atomic E-state index is 5.60. The van der Waals surface area contributed by atoms with Gasteiger partial charge in [-0.1, -0.05) is 43.2 Å². The fourth-order valence-electron chi connectivity index (χ4n) is 2.59. The summed E-state index contributed by atoms with van der Waals surface area (Å²) in [7, 11) is 0. The van der Waals surface area contributed by atoms with Crippen LogP contribution in [0.3, 0.4) is 0 Å². The van der Waals surface area contributed by atoms with Crippen LogP contribution in [0.15, 0.2) is 30.3 Å². The van der Waals surface area contributed by atoms with E-state index in [1.54, 1.807) is 0 Å². The molecule has 82 valence electrons. The lowest BCUT2D eigenvalue weighted by atomic mass is 9.81. The smallest absolute Gasteiger partial charge is 0.0241 e. The van der Waals surface area contributed by atoms with Crippen molar-refractivity contribution in [2.45, 2.75) is 38.1 Å². The standard InChI is InChI=1S/C13H20N2/c14-15-13-9-5-4-8-12(13)10-11-6-2-1-3-7-11/h1-3,6-7,12-13,15H,4-5,8-10,14H2/t12-,13+/m1/s1. The molecular formula is C13H20N2. The van der Waals surface area contributed by atoms with Gasteiger partial charge in [0.2, 0.25) is 0 Å². The zero-order valence-corrected chi connectivity index (χ0v) is 9.15. The molecule has 0 unspecified atom stereocenters. The minimum absolute atomic E-state index is 0.513. The molecule has 2 nitrogen and oxygen atoms in total. The third kappa shape index (κ3) is 2.80. The van der Waals surface area contributed by atoms with Crippen LogP contribution in [-0.4, -0.2) is 6.04 Å². The Morgan fingerprint density at radius 1 is 1.13 bits per heavy atom. The highest BCUT2D eigenvalue weighted by Crippen LogP contribution is 2.26. The topological polar surface area (TPSA) is 38.0 Å². The molecule has 0 saturated heterocycles. The molecule has 1 aromatic rings. The highest BCUT2D eigenvalue weighted by atomic mass is 15.2. The van der Waals surface area contributed by atoms with Crippen LogP contribution >= 0.6 is 0 Å². The first kappa shape index (κ1) is 10.7. The van der Waals surface area contributed by atoms with Crippen LogP contribution in [0.5, 0.6) is 0 Å². The number of rotatable bonds is 3. The van der Waals surface area contributed by atoms with E-state index in [0.717, 1.165) is 6.42 Å². The number of nitrogens with one attached hydrogen (secondary N) is 1. The number of benzene rings is 1. The van der Waals surface area contributed by atoms with E-state index >= 15 is 0 Å². The predicted molar refractivity (Wildman–Crippen MR) is 63.2 cm³/mol. The van der Waals surface area contributed by atoms with Crippen LogP contribution in [0.1, 0.15) is 31.2 Å². The average molecular weight is 204 g/mol. The van der Waals surface area contributed by atoms with E-state index in [2.05, 4.69) is 35.8 Å². The first-order valence-corrected chi connectivity index (χ1v) is 5.90. The summed E-state index contributed by atoms with van der Waals surface area (Å²) < 4.78 is 0. The van der Waals surface area contributed by atoms with E-state index in [4.69, 9.17) is 5.84 Å². The Bertz CT molecular complexity index is 284. The zero-order valence-electron chi connectivity index (χ0n) is 9.15. The van der Waals surface area contributed by atoms with Gasteiger partial charge < -0.3 is 0 Å². The Hall–Kier alpha value is -0.860. The highest BCUT2D eigenvalue weighted by Gasteiger charge is 2.23. The van der Waals surface area contributed by atoms with Gasteiger partial charge in [-0.25, -0.2) is 0 Å². The quantitative estimate of drug-likeness (QED) is 0.585. The number of nitrogens with two attached hydrogens (primary N) is 1. The van der Waals surface area contributed by atoms with Gasteiger partial charge in [0.05, 0.1) is 0 Å².